The van der Waals surface area contributed by atoms with Crippen LogP contribution in [0.2, 0.25) is 0 Å². The van der Waals surface area contributed by atoms with Crippen molar-refractivity contribution >= 4 is 28.7 Å². The molecule has 0 atom stereocenters. The summed E-state index contributed by atoms with van der Waals surface area (Å²) in [4.78, 5) is 10.5. The van der Waals surface area contributed by atoms with Crippen molar-refractivity contribution in [3.8, 4) is 0 Å². The fourth-order valence-electron chi connectivity index (χ4n) is 2.64. The van der Waals surface area contributed by atoms with Gasteiger partial charge in [-0.25, -0.2) is 0 Å². The van der Waals surface area contributed by atoms with Crippen LogP contribution in [0.3, 0.4) is 0 Å². The lowest BCUT2D eigenvalue weighted by molar-refractivity contribution is -0.384. The van der Waals surface area contributed by atoms with Crippen LogP contribution in [0.1, 0.15) is 32.1 Å². The second kappa shape index (κ2) is 8.53. The van der Waals surface area contributed by atoms with E-state index in [1.165, 1.54) is 38.2 Å². The third-order valence-corrected chi connectivity index (χ3v) is 4.03. The first kappa shape index (κ1) is 16.5. The van der Waals surface area contributed by atoms with E-state index in [1.54, 1.807) is 18.2 Å². The first-order valence-electron chi connectivity index (χ1n) is 7.68. The number of nitro groups is 1. The molecule has 0 spiro atoms. The van der Waals surface area contributed by atoms with Gasteiger partial charge in [-0.2, -0.15) is 0 Å². The van der Waals surface area contributed by atoms with E-state index in [4.69, 9.17) is 12.2 Å². The maximum atomic E-state index is 10.9. The normalized spacial score (nSPS) is 15.1. The van der Waals surface area contributed by atoms with Gasteiger partial charge in [0.1, 0.15) is 5.69 Å². The van der Waals surface area contributed by atoms with Crippen LogP contribution in [0, 0.1) is 10.1 Å². The largest absolute Gasteiger partial charge is 0.378 e. The van der Waals surface area contributed by atoms with Gasteiger partial charge in [-0.1, -0.05) is 31.4 Å². The van der Waals surface area contributed by atoms with Gasteiger partial charge in [0.05, 0.1) is 4.92 Å². The lowest BCUT2D eigenvalue weighted by atomic mass is 9.96. The van der Waals surface area contributed by atoms with Gasteiger partial charge in [0, 0.05) is 25.2 Å². The van der Waals surface area contributed by atoms with Gasteiger partial charge < -0.3 is 16.0 Å². The molecule has 0 saturated heterocycles. The Morgan fingerprint density at radius 2 is 1.95 bits per heavy atom. The lowest BCUT2D eigenvalue weighted by Crippen LogP contribution is -2.43. The highest BCUT2D eigenvalue weighted by Crippen LogP contribution is 2.22. The van der Waals surface area contributed by atoms with Crippen LogP contribution in [-0.4, -0.2) is 29.2 Å². The molecule has 2 rings (SSSR count). The first-order valence-corrected chi connectivity index (χ1v) is 8.09. The Balaban J connectivity index is 1.68. The van der Waals surface area contributed by atoms with Gasteiger partial charge in [-0.15, -0.1) is 0 Å². The van der Waals surface area contributed by atoms with Crippen LogP contribution >= 0.6 is 12.2 Å². The average Bonchev–Trinajstić information content (AvgIpc) is 2.53. The summed E-state index contributed by atoms with van der Waals surface area (Å²) in [6, 6.07) is 7.11. The molecule has 1 saturated carbocycles. The summed E-state index contributed by atoms with van der Waals surface area (Å²) in [5.74, 6) is 0. The number of rotatable bonds is 6. The highest BCUT2D eigenvalue weighted by molar-refractivity contribution is 7.80. The van der Waals surface area contributed by atoms with Crippen molar-refractivity contribution in [2.75, 3.05) is 18.4 Å². The fraction of sp³-hybridized carbons (Fsp3) is 0.533. The molecule has 120 valence electrons. The van der Waals surface area contributed by atoms with Crippen molar-refractivity contribution in [2.45, 2.75) is 38.1 Å². The highest BCUT2D eigenvalue weighted by atomic mass is 32.1. The predicted molar refractivity (Wildman–Crippen MR) is 92.2 cm³/mol. The summed E-state index contributed by atoms with van der Waals surface area (Å²) in [7, 11) is 0. The van der Waals surface area contributed by atoms with Crippen LogP contribution in [0.4, 0.5) is 11.4 Å². The van der Waals surface area contributed by atoms with E-state index in [0.29, 0.717) is 29.9 Å². The van der Waals surface area contributed by atoms with Crippen molar-refractivity contribution in [3.05, 3.63) is 34.4 Å². The highest BCUT2D eigenvalue weighted by Gasteiger charge is 2.14. The van der Waals surface area contributed by atoms with Crippen LogP contribution in [0.15, 0.2) is 24.3 Å². The maximum absolute atomic E-state index is 10.9. The Morgan fingerprint density at radius 1 is 1.23 bits per heavy atom. The van der Waals surface area contributed by atoms with E-state index in [0.717, 1.165) is 0 Å². The zero-order valence-electron chi connectivity index (χ0n) is 12.5. The van der Waals surface area contributed by atoms with E-state index in [1.807, 2.05) is 0 Å². The Bertz CT molecular complexity index is 518. The van der Waals surface area contributed by atoms with E-state index in [-0.39, 0.29) is 10.6 Å². The molecule has 0 radical (unpaired) electrons. The molecule has 1 fully saturated rings. The van der Waals surface area contributed by atoms with Crippen LogP contribution in [0.5, 0.6) is 0 Å². The molecule has 1 aromatic rings. The van der Waals surface area contributed by atoms with Gasteiger partial charge >= 0.3 is 0 Å². The van der Waals surface area contributed by atoms with Crippen LogP contribution < -0.4 is 16.0 Å². The summed E-state index contributed by atoms with van der Waals surface area (Å²) < 4.78 is 0. The van der Waals surface area contributed by atoms with Gasteiger partial charge in [0.15, 0.2) is 5.11 Å². The molecule has 0 heterocycles. The second-order valence-electron chi connectivity index (χ2n) is 5.44. The maximum Gasteiger partial charge on any atom is 0.292 e. The zero-order chi connectivity index (χ0) is 15.8. The number of hydrogen-bond donors (Lipinski definition) is 3. The molecule has 1 aromatic carbocycles. The number of benzene rings is 1. The minimum absolute atomic E-state index is 0.0883. The molecule has 0 amide bonds. The standard InChI is InChI=1S/C15H22N4O2S/c20-19(21)14-9-5-4-8-13(14)16-10-11-17-15(22)18-12-6-2-1-3-7-12/h4-5,8-9,12,16H,1-3,6-7,10-11H2,(H2,17,18,22). The Morgan fingerprint density at radius 3 is 2.68 bits per heavy atom. The summed E-state index contributed by atoms with van der Waals surface area (Å²) in [6.45, 7) is 1.18. The molecule has 0 bridgehead atoms. The molecule has 0 aliphatic heterocycles. The summed E-state index contributed by atoms with van der Waals surface area (Å²) in [5.41, 5.74) is 0.617. The number of anilines is 1. The smallest absolute Gasteiger partial charge is 0.292 e. The molecule has 0 unspecified atom stereocenters. The molecule has 3 N–H and O–H groups in total. The third kappa shape index (κ3) is 5.14. The van der Waals surface area contributed by atoms with E-state index < -0.39 is 0 Å². The minimum atomic E-state index is -0.384. The Hall–Kier alpha value is -1.89. The molecule has 1 aliphatic carbocycles. The van der Waals surface area contributed by atoms with Crippen LogP contribution in [0.25, 0.3) is 0 Å². The van der Waals surface area contributed by atoms with Crippen molar-refractivity contribution in [1.29, 1.82) is 0 Å². The molecule has 7 heteroatoms. The molecule has 1 aliphatic rings. The number of nitro benzene ring substituents is 1. The summed E-state index contributed by atoms with van der Waals surface area (Å²) >= 11 is 5.27. The van der Waals surface area contributed by atoms with Gasteiger partial charge in [-0.05, 0) is 31.1 Å². The minimum Gasteiger partial charge on any atom is -0.378 e. The molecule has 6 nitrogen and oxygen atoms in total. The van der Waals surface area contributed by atoms with E-state index >= 15 is 0 Å². The third-order valence-electron chi connectivity index (χ3n) is 3.77. The zero-order valence-corrected chi connectivity index (χ0v) is 13.3. The topological polar surface area (TPSA) is 79.2 Å². The summed E-state index contributed by atoms with van der Waals surface area (Å²) in [5, 5.41) is 21.1. The second-order valence-corrected chi connectivity index (χ2v) is 5.84. The van der Waals surface area contributed by atoms with Crippen molar-refractivity contribution in [3.63, 3.8) is 0 Å². The van der Waals surface area contributed by atoms with Gasteiger partial charge in [0.25, 0.3) is 5.69 Å². The Kier molecular flexibility index (Phi) is 6.39. The SMILES string of the molecule is O=[N+]([O-])c1ccccc1NCCNC(=S)NC1CCCCC1. The van der Waals surface area contributed by atoms with Crippen molar-refractivity contribution in [1.82, 2.24) is 10.6 Å². The molecular weight excluding hydrogens is 300 g/mol. The van der Waals surface area contributed by atoms with Gasteiger partial charge in [-0.3, -0.25) is 10.1 Å². The molecule has 0 aromatic heterocycles. The number of nitrogens with zero attached hydrogens (tertiary/aromatic N) is 1. The van der Waals surface area contributed by atoms with E-state index in [9.17, 15) is 10.1 Å². The van der Waals surface area contributed by atoms with Crippen LogP contribution in [-0.2, 0) is 0 Å². The monoisotopic (exact) mass is 322 g/mol. The quantitative estimate of drug-likeness (QED) is 0.323. The van der Waals surface area contributed by atoms with Crippen molar-refractivity contribution in [2.24, 2.45) is 0 Å². The van der Waals surface area contributed by atoms with E-state index in [2.05, 4.69) is 16.0 Å². The average molecular weight is 322 g/mol. The number of nitrogens with one attached hydrogen (secondary N) is 3. The Labute approximate surface area is 135 Å². The number of para-hydroxylation sites is 2. The molecule has 22 heavy (non-hydrogen) atoms. The van der Waals surface area contributed by atoms with Crippen molar-refractivity contribution < 1.29 is 4.92 Å². The summed E-state index contributed by atoms with van der Waals surface area (Å²) in [6.07, 6.45) is 6.20. The number of hydrogen-bond acceptors (Lipinski definition) is 4. The fourth-order valence-corrected chi connectivity index (χ4v) is 2.91. The lowest BCUT2D eigenvalue weighted by Gasteiger charge is -2.24. The number of thiocarbonyl (C=S) groups is 1. The molecular formula is C15H22N4O2S. The predicted octanol–water partition coefficient (Wildman–Crippen LogP) is 2.80. The van der Waals surface area contributed by atoms with Gasteiger partial charge in [0.2, 0.25) is 0 Å². The first-order chi connectivity index (χ1) is 10.7.